The first-order valence-corrected chi connectivity index (χ1v) is 13.2. The molecule has 5 rings (SSSR count). The molecule has 2 aromatic carbocycles. The number of amides is 1. The van der Waals surface area contributed by atoms with E-state index in [2.05, 4.69) is 5.32 Å². The number of ether oxygens (including phenoxy) is 1. The Labute approximate surface area is 235 Å². The SMILES string of the molecule is Cc1c(=O)n(C)c(Nc2ccc(I)cc2F)c2c(=O)n(C)c(=O)n(-c3cccc(C(=O)N4CCOCC4)c3)c12. The molecule has 4 aromatic rings. The van der Waals surface area contributed by atoms with Gasteiger partial charge in [-0.2, -0.15) is 0 Å². The van der Waals surface area contributed by atoms with E-state index >= 15 is 0 Å². The first-order chi connectivity index (χ1) is 18.6. The van der Waals surface area contributed by atoms with Gasteiger partial charge in [0.2, 0.25) is 0 Å². The lowest BCUT2D eigenvalue weighted by Crippen LogP contribution is -2.41. The third kappa shape index (κ3) is 4.67. The number of carbonyl (C=O) groups excluding carboxylic acids is 1. The smallest absolute Gasteiger partial charge is 0.335 e. The van der Waals surface area contributed by atoms with E-state index in [9.17, 15) is 23.6 Å². The molecule has 202 valence electrons. The van der Waals surface area contributed by atoms with Crippen molar-refractivity contribution in [3.8, 4) is 5.69 Å². The zero-order chi connectivity index (χ0) is 28.0. The number of aryl methyl sites for hydroxylation is 1. The van der Waals surface area contributed by atoms with Crippen molar-refractivity contribution in [1.82, 2.24) is 18.6 Å². The normalized spacial score (nSPS) is 13.6. The van der Waals surface area contributed by atoms with Gasteiger partial charge >= 0.3 is 5.69 Å². The second kappa shape index (κ2) is 10.4. The first-order valence-electron chi connectivity index (χ1n) is 12.1. The van der Waals surface area contributed by atoms with Crippen molar-refractivity contribution in [2.75, 3.05) is 31.6 Å². The minimum absolute atomic E-state index is 0.0274. The highest BCUT2D eigenvalue weighted by molar-refractivity contribution is 14.1. The number of benzene rings is 2. The molecule has 3 heterocycles. The van der Waals surface area contributed by atoms with Crippen LogP contribution in [0.15, 0.2) is 56.8 Å². The fraction of sp³-hybridized carbons (Fsp3) is 0.259. The van der Waals surface area contributed by atoms with Gasteiger partial charge in [0.25, 0.3) is 17.0 Å². The number of carbonyl (C=O) groups is 1. The summed E-state index contributed by atoms with van der Waals surface area (Å²) in [6, 6.07) is 11.0. The standard InChI is InChI=1S/C27H25FIN5O5/c1-15-22-21(23(31(2)24(15)35)30-20-8-7-17(29)14-19(20)28)26(37)32(3)27(38)34(22)18-6-4-5-16(13-18)25(36)33-9-11-39-12-10-33/h4-8,13-14,30H,9-12H2,1-3H3. The number of aromatic nitrogens is 3. The highest BCUT2D eigenvalue weighted by Gasteiger charge is 2.24. The van der Waals surface area contributed by atoms with Crippen LogP contribution in [-0.4, -0.2) is 50.8 Å². The first kappa shape index (κ1) is 26.8. The van der Waals surface area contributed by atoms with Gasteiger partial charge in [-0.25, -0.2) is 9.18 Å². The lowest BCUT2D eigenvalue weighted by Gasteiger charge is -2.27. The second-order valence-corrected chi connectivity index (χ2v) is 10.5. The summed E-state index contributed by atoms with van der Waals surface area (Å²) in [5.74, 6) is -0.746. The maximum Gasteiger partial charge on any atom is 0.335 e. The summed E-state index contributed by atoms with van der Waals surface area (Å²) in [4.78, 5) is 55.2. The number of fused-ring (bicyclic) bond motifs is 1. The Kier molecular flexibility index (Phi) is 7.16. The average Bonchev–Trinajstić information content (AvgIpc) is 2.94. The van der Waals surface area contributed by atoms with Crippen molar-refractivity contribution in [2.45, 2.75) is 6.92 Å². The second-order valence-electron chi connectivity index (χ2n) is 9.25. The number of pyridine rings is 1. The molecule has 0 saturated carbocycles. The van der Waals surface area contributed by atoms with Crippen molar-refractivity contribution in [3.05, 3.63) is 94.2 Å². The monoisotopic (exact) mass is 645 g/mol. The molecule has 0 radical (unpaired) electrons. The van der Waals surface area contributed by atoms with Gasteiger partial charge in [-0.3, -0.25) is 28.1 Å². The molecule has 12 heteroatoms. The van der Waals surface area contributed by atoms with Crippen LogP contribution in [0.1, 0.15) is 15.9 Å². The minimum Gasteiger partial charge on any atom is -0.378 e. The number of halogens is 2. The van der Waals surface area contributed by atoms with E-state index in [-0.39, 0.29) is 33.9 Å². The molecule has 0 bridgehead atoms. The Morgan fingerprint density at radius 1 is 1.00 bits per heavy atom. The summed E-state index contributed by atoms with van der Waals surface area (Å²) < 4.78 is 24.2. The van der Waals surface area contributed by atoms with Gasteiger partial charge in [0.15, 0.2) is 0 Å². The average molecular weight is 645 g/mol. The van der Waals surface area contributed by atoms with E-state index in [0.29, 0.717) is 41.1 Å². The highest BCUT2D eigenvalue weighted by atomic mass is 127. The van der Waals surface area contributed by atoms with E-state index in [1.54, 1.807) is 35.2 Å². The summed E-state index contributed by atoms with van der Waals surface area (Å²) in [6.07, 6.45) is 0. The van der Waals surface area contributed by atoms with Crippen molar-refractivity contribution < 1.29 is 13.9 Å². The summed E-state index contributed by atoms with van der Waals surface area (Å²) in [7, 11) is 2.80. The van der Waals surface area contributed by atoms with Gasteiger partial charge < -0.3 is 15.0 Å². The van der Waals surface area contributed by atoms with Crippen molar-refractivity contribution in [1.29, 1.82) is 0 Å². The van der Waals surface area contributed by atoms with Crippen molar-refractivity contribution >= 4 is 50.9 Å². The van der Waals surface area contributed by atoms with Crippen LogP contribution < -0.4 is 22.1 Å². The zero-order valence-electron chi connectivity index (χ0n) is 21.5. The summed E-state index contributed by atoms with van der Waals surface area (Å²) in [6.45, 7) is 3.31. The largest absolute Gasteiger partial charge is 0.378 e. The number of rotatable bonds is 4. The van der Waals surface area contributed by atoms with Crippen LogP contribution in [0, 0.1) is 16.3 Å². The van der Waals surface area contributed by atoms with E-state index < -0.39 is 22.6 Å². The molecule has 1 aliphatic heterocycles. The van der Waals surface area contributed by atoms with Gasteiger partial charge in [0.1, 0.15) is 17.0 Å². The van der Waals surface area contributed by atoms with Crippen LogP contribution in [0.5, 0.6) is 0 Å². The van der Waals surface area contributed by atoms with Crippen LogP contribution in [0.2, 0.25) is 0 Å². The van der Waals surface area contributed by atoms with Crippen molar-refractivity contribution in [2.24, 2.45) is 14.1 Å². The molecule has 1 saturated heterocycles. The summed E-state index contributed by atoms with van der Waals surface area (Å²) in [5.41, 5.74) is -0.862. The van der Waals surface area contributed by atoms with E-state index in [1.165, 1.54) is 42.3 Å². The summed E-state index contributed by atoms with van der Waals surface area (Å²) in [5, 5.41) is 2.93. The molecule has 39 heavy (non-hydrogen) atoms. The molecule has 0 aliphatic carbocycles. The Bertz CT molecular complexity index is 1820. The molecular formula is C27H25FIN5O5. The minimum atomic E-state index is -0.689. The van der Waals surface area contributed by atoms with Crippen molar-refractivity contribution in [3.63, 3.8) is 0 Å². The van der Waals surface area contributed by atoms with Gasteiger partial charge in [-0.1, -0.05) is 6.07 Å². The molecule has 1 N–H and O–H groups in total. The Morgan fingerprint density at radius 2 is 1.72 bits per heavy atom. The Hall–Kier alpha value is -3.78. The molecule has 1 amide bonds. The van der Waals surface area contributed by atoms with Crippen LogP contribution in [-0.2, 0) is 18.8 Å². The van der Waals surface area contributed by atoms with Crippen LogP contribution in [0.3, 0.4) is 0 Å². The van der Waals surface area contributed by atoms with Gasteiger partial charge in [0, 0.05) is 41.9 Å². The molecule has 10 nitrogen and oxygen atoms in total. The van der Waals surface area contributed by atoms with Crippen LogP contribution in [0.4, 0.5) is 15.9 Å². The quantitative estimate of drug-likeness (QED) is 0.343. The van der Waals surface area contributed by atoms with Gasteiger partial charge in [0.05, 0.1) is 30.1 Å². The Balaban J connectivity index is 1.78. The van der Waals surface area contributed by atoms with E-state index in [0.717, 1.165) is 4.57 Å². The fourth-order valence-corrected chi connectivity index (χ4v) is 5.19. The number of nitrogens with one attached hydrogen (secondary N) is 1. The summed E-state index contributed by atoms with van der Waals surface area (Å²) >= 11 is 1.98. The number of hydrogen-bond acceptors (Lipinski definition) is 6. The lowest BCUT2D eigenvalue weighted by atomic mass is 10.1. The maximum absolute atomic E-state index is 14.8. The topological polar surface area (TPSA) is 108 Å². The fourth-order valence-electron chi connectivity index (χ4n) is 4.74. The molecular weight excluding hydrogens is 620 g/mol. The lowest BCUT2D eigenvalue weighted by molar-refractivity contribution is 0.0303. The van der Waals surface area contributed by atoms with Crippen LogP contribution in [0.25, 0.3) is 16.6 Å². The number of nitrogens with zero attached hydrogens (tertiary/aromatic N) is 4. The molecule has 0 atom stereocenters. The zero-order valence-corrected chi connectivity index (χ0v) is 23.6. The third-order valence-corrected chi connectivity index (χ3v) is 7.51. The highest BCUT2D eigenvalue weighted by Crippen LogP contribution is 2.27. The van der Waals surface area contributed by atoms with E-state index in [1.807, 2.05) is 22.6 Å². The third-order valence-electron chi connectivity index (χ3n) is 6.84. The predicted molar refractivity (Wildman–Crippen MR) is 154 cm³/mol. The molecule has 1 aliphatic rings. The molecule has 1 fully saturated rings. The maximum atomic E-state index is 14.8. The van der Waals surface area contributed by atoms with Crippen LogP contribution >= 0.6 is 22.6 Å². The number of morpholine rings is 1. The molecule has 0 spiro atoms. The number of anilines is 2. The number of hydrogen-bond donors (Lipinski definition) is 1. The Morgan fingerprint density at radius 3 is 2.41 bits per heavy atom. The van der Waals surface area contributed by atoms with Gasteiger partial charge in [-0.05, 0) is 65.9 Å². The molecule has 2 aromatic heterocycles. The predicted octanol–water partition coefficient (Wildman–Crippen LogP) is 2.66. The van der Waals surface area contributed by atoms with Gasteiger partial charge in [-0.15, -0.1) is 0 Å². The molecule has 0 unspecified atom stereocenters. The van der Waals surface area contributed by atoms with E-state index in [4.69, 9.17) is 4.74 Å².